The fourth-order valence-electron chi connectivity index (χ4n) is 6.09. The Morgan fingerprint density at radius 2 is 1.84 bits per heavy atom. The first kappa shape index (κ1) is 26.0. The van der Waals surface area contributed by atoms with Crippen molar-refractivity contribution in [3.05, 3.63) is 52.0 Å². The van der Waals surface area contributed by atoms with Crippen LogP contribution in [0.4, 0.5) is 5.69 Å². The quantitative estimate of drug-likeness (QED) is 0.434. The van der Waals surface area contributed by atoms with Gasteiger partial charge in [-0.05, 0) is 49.1 Å². The third-order valence-electron chi connectivity index (χ3n) is 7.95. The minimum Gasteiger partial charge on any atom is -0.493 e. The maximum atomic E-state index is 13.9. The number of halogens is 1. The van der Waals surface area contributed by atoms with Crippen molar-refractivity contribution in [3.8, 4) is 11.5 Å². The molecular formula is C27H29ClN4O6. The fourth-order valence-corrected chi connectivity index (χ4v) is 6.25. The molecule has 4 atom stereocenters. The van der Waals surface area contributed by atoms with E-state index in [-0.39, 0.29) is 25.3 Å². The maximum absolute atomic E-state index is 13.9. The van der Waals surface area contributed by atoms with Crippen LogP contribution in [0, 0.1) is 18.8 Å². The van der Waals surface area contributed by atoms with Gasteiger partial charge in [-0.15, -0.1) is 0 Å². The number of carbonyl (C=O) groups excluding carboxylic acids is 4. The van der Waals surface area contributed by atoms with E-state index in [0.717, 1.165) is 5.56 Å². The highest BCUT2D eigenvalue weighted by Crippen LogP contribution is 2.54. The van der Waals surface area contributed by atoms with Crippen LogP contribution < -0.4 is 25.8 Å². The number of hydrogen-bond acceptors (Lipinski definition) is 7. The van der Waals surface area contributed by atoms with Crippen LogP contribution in [0.3, 0.4) is 0 Å². The summed E-state index contributed by atoms with van der Waals surface area (Å²) in [6, 6.07) is 8.22. The largest absolute Gasteiger partial charge is 0.493 e. The van der Waals surface area contributed by atoms with Gasteiger partial charge in [-0.3, -0.25) is 29.4 Å². The molecule has 1 spiro atoms. The summed E-state index contributed by atoms with van der Waals surface area (Å²) < 4.78 is 10.6. The summed E-state index contributed by atoms with van der Waals surface area (Å²) in [4.78, 5) is 54.1. The molecule has 3 aliphatic heterocycles. The Hall–Kier alpha value is -3.63. The van der Waals surface area contributed by atoms with E-state index in [4.69, 9.17) is 26.8 Å². The molecule has 3 aliphatic rings. The van der Waals surface area contributed by atoms with Gasteiger partial charge in [-0.25, -0.2) is 0 Å². The number of nitrogens with zero attached hydrogens (tertiary/aromatic N) is 1. The lowest BCUT2D eigenvalue weighted by molar-refractivity contribution is -0.142. The highest BCUT2D eigenvalue weighted by molar-refractivity contribution is 6.32. The van der Waals surface area contributed by atoms with Crippen LogP contribution in [0.1, 0.15) is 29.5 Å². The van der Waals surface area contributed by atoms with Crippen molar-refractivity contribution in [2.45, 2.75) is 37.8 Å². The average Bonchev–Trinajstić information content (AvgIpc) is 3.48. The van der Waals surface area contributed by atoms with Crippen molar-refractivity contribution in [1.29, 1.82) is 0 Å². The first-order valence-electron chi connectivity index (χ1n) is 12.4. The number of ether oxygens (including phenoxy) is 2. The lowest BCUT2D eigenvalue weighted by atomic mass is 9.76. The van der Waals surface area contributed by atoms with Crippen LogP contribution in [-0.4, -0.2) is 55.3 Å². The average molecular weight is 541 g/mol. The van der Waals surface area contributed by atoms with E-state index in [1.54, 1.807) is 38.3 Å². The molecule has 2 aromatic rings. The number of amides is 4. The zero-order chi connectivity index (χ0) is 27.4. The molecule has 0 aromatic heterocycles. The van der Waals surface area contributed by atoms with E-state index < -0.39 is 41.1 Å². The second kappa shape index (κ2) is 9.59. The van der Waals surface area contributed by atoms with Gasteiger partial charge in [0.05, 0.1) is 31.7 Å². The Morgan fingerprint density at radius 1 is 1.11 bits per heavy atom. The molecule has 2 aromatic carbocycles. The van der Waals surface area contributed by atoms with Crippen molar-refractivity contribution in [2.75, 3.05) is 26.1 Å². The number of carbonyl (C=O) groups is 4. The first-order chi connectivity index (χ1) is 18.1. The monoisotopic (exact) mass is 540 g/mol. The fraction of sp³-hybridized carbons (Fsp3) is 0.407. The van der Waals surface area contributed by atoms with Crippen LogP contribution in [-0.2, 0) is 31.1 Å². The summed E-state index contributed by atoms with van der Waals surface area (Å²) in [7, 11) is 3.08. The second-order valence-corrected chi connectivity index (χ2v) is 10.3. The van der Waals surface area contributed by atoms with Gasteiger partial charge >= 0.3 is 0 Å². The normalized spacial score (nSPS) is 25.5. The Bertz CT molecular complexity index is 1360. The Kier molecular flexibility index (Phi) is 6.56. The van der Waals surface area contributed by atoms with Gasteiger partial charge < -0.3 is 20.5 Å². The predicted octanol–water partition coefficient (Wildman–Crippen LogP) is 1.89. The van der Waals surface area contributed by atoms with Gasteiger partial charge in [0.1, 0.15) is 5.54 Å². The number of benzene rings is 2. The van der Waals surface area contributed by atoms with Crippen molar-refractivity contribution in [1.82, 2.24) is 10.2 Å². The third kappa shape index (κ3) is 3.82. The Labute approximate surface area is 224 Å². The number of likely N-dealkylation sites (tertiary alicyclic amines) is 1. The number of fused-ring (bicyclic) bond motifs is 4. The number of anilines is 1. The van der Waals surface area contributed by atoms with Gasteiger partial charge in [0, 0.05) is 29.6 Å². The number of primary amides is 1. The molecule has 4 N–H and O–H groups in total. The molecule has 4 amide bonds. The van der Waals surface area contributed by atoms with E-state index >= 15 is 0 Å². The lowest BCUT2D eigenvalue weighted by Crippen LogP contribution is -2.53. The van der Waals surface area contributed by atoms with Crippen molar-refractivity contribution < 1.29 is 28.7 Å². The van der Waals surface area contributed by atoms with Crippen LogP contribution >= 0.6 is 11.6 Å². The van der Waals surface area contributed by atoms with Gasteiger partial charge in [0.25, 0.3) is 0 Å². The summed E-state index contributed by atoms with van der Waals surface area (Å²) in [5, 5.41) is 6.66. The van der Waals surface area contributed by atoms with E-state index in [0.29, 0.717) is 39.8 Å². The maximum Gasteiger partial charge on any atom is 0.250 e. The standard InChI is InChI=1S/C27H29ClN4O6/c1-13-16(28)6-5-15-23(13)30-26(36)27(15)22-21(17(31-27)7-9-20(29)33)24(34)32(25(22)35)11-10-14-4-8-18(37-2)19(12-14)38-3/h4-6,8,12,17,21-22,31H,7,9-11H2,1-3H3,(H2,29,33)(H,30,36)/t17-,21+,22-,27-/m0/s1. The number of imide groups is 1. The molecule has 2 saturated heterocycles. The summed E-state index contributed by atoms with van der Waals surface area (Å²) in [6.07, 6.45) is 0.620. The zero-order valence-corrected chi connectivity index (χ0v) is 22.1. The summed E-state index contributed by atoms with van der Waals surface area (Å²) in [5.41, 5.74) is 6.58. The molecule has 11 heteroatoms. The third-order valence-corrected chi connectivity index (χ3v) is 8.36. The summed E-state index contributed by atoms with van der Waals surface area (Å²) >= 11 is 6.31. The van der Waals surface area contributed by atoms with Crippen LogP contribution in [0.5, 0.6) is 11.5 Å². The van der Waals surface area contributed by atoms with Crippen molar-refractivity contribution in [2.24, 2.45) is 17.6 Å². The van der Waals surface area contributed by atoms with Crippen molar-refractivity contribution >= 4 is 40.9 Å². The van der Waals surface area contributed by atoms with Gasteiger partial charge in [-0.2, -0.15) is 0 Å². The van der Waals surface area contributed by atoms with E-state index in [2.05, 4.69) is 10.6 Å². The molecule has 0 saturated carbocycles. The summed E-state index contributed by atoms with van der Waals surface area (Å²) in [6.45, 7) is 1.92. The van der Waals surface area contributed by atoms with E-state index in [1.807, 2.05) is 6.07 Å². The highest BCUT2D eigenvalue weighted by atomic mass is 35.5. The highest BCUT2D eigenvalue weighted by Gasteiger charge is 2.70. The number of methoxy groups -OCH3 is 2. The smallest absolute Gasteiger partial charge is 0.250 e. The Balaban J connectivity index is 1.50. The number of nitrogens with two attached hydrogens (primary N) is 1. The van der Waals surface area contributed by atoms with Crippen LogP contribution in [0.2, 0.25) is 5.02 Å². The molecule has 0 bridgehead atoms. The minimum atomic E-state index is -1.46. The molecule has 200 valence electrons. The topological polar surface area (TPSA) is 140 Å². The molecule has 3 heterocycles. The Morgan fingerprint density at radius 3 is 2.53 bits per heavy atom. The van der Waals surface area contributed by atoms with Crippen LogP contribution in [0.25, 0.3) is 0 Å². The molecular weight excluding hydrogens is 512 g/mol. The first-order valence-corrected chi connectivity index (χ1v) is 12.7. The minimum absolute atomic E-state index is 0.0121. The van der Waals surface area contributed by atoms with Crippen LogP contribution in [0.15, 0.2) is 30.3 Å². The van der Waals surface area contributed by atoms with E-state index in [1.165, 1.54) is 12.0 Å². The molecule has 5 rings (SSSR count). The zero-order valence-electron chi connectivity index (χ0n) is 21.3. The van der Waals surface area contributed by atoms with Gasteiger partial charge in [0.15, 0.2) is 11.5 Å². The molecule has 0 aliphatic carbocycles. The molecule has 0 radical (unpaired) electrons. The lowest BCUT2D eigenvalue weighted by Gasteiger charge is -2.29. The van der Waals surface area contributed by atoms with E-state index in [9.17, 15) is 19.2 Å². The van der Waals surface area contributed by atoms with Crippen molar-refractivity contribution in [3.63, 3.8) is 0 Å². The predicted molar refractivity (Wildman–Crippen MR) is 139 cm³/mol. The molecule has 10 nitrogen and oxygen atoms in total. The molecule has 38 heavy (non-hydrogen) atoms. The molecule has 0 unspecified atom stereocenters. The number of hydrogen-bond donors (Lipinski definition) is 3. The van der Waals surface area contributed by atoms with Gasteiger partial charge in [-0.1, -0.05) is 23.7 Å². The van der Waals surface area contributed by atoms with Gasteiger partial charge in [0.2, 0.25) is 23.6 Å². The second-order valence-electron chi connectivity index (χ2n) is 9.88. The number of nitrogens with one attached hydrogen (secondary N) is 2. The SMILES string of the molecule is COc1ccc(CCN2C(=O)[C@@H]3[C@H](CCC(N)=O)N[C@]4(C(=O)Nc5c4ccc(Cl)c5C)[C@@H]3C2=O)cc1OC. The summed E-state index contributed by atoms with van der Waals surface area (Å²) in [5.74, 6) is -2.41. The number of rotatable bonds is 8. The molecule has 2 fully saturated rings.